The molecule has 2 aromatic carbocycles. The number of halogens is 1. The molecule has 1 saturated heterocycles. The van der Waals surface area contributed by atoms with Crippen LogP contribution in [0.4, 0.5) is 4.39 Å². The number of rotatable bonds is 4. The van der Waals surface area contributed by atoms with Crippen molar-refractivity contribution in [1.29, 1.82) is 0 Å². The zero-order valence-electron chi connectivity index (χ0n) is 21.4. The van der Waals surface area contributed by atoms with Gasteiger partial charge in [-0.2, -0.15) is 0 Å². The van der Waals surface area contributed by atoms with E-state index >= 15 is 0 Å². The van der Waals surface area contributed by atoms with E-state index in [1.54, 1.807) is 0 Å². The number of hydrogen-bond donors (Lipinski definition) is 1. The quantitative estimate of drug-likeness (QED) is 0.928. The summed E-state index contributed by atoms with van der Waals surface area (Å²) >= 11 is 0. The number of hydrogen-bond acceptors (Lipinski definition) is 4. The lowest BCUT2D eigenvalue weighted by molar-refractivity contribution is 0.173. The van der Waals surface area contributed by atoms with Crippen LogP contribution in [0.3, 0.4) is 0 Å². The summed E-state index contributed by atoms with van der Waals surface area (Å²) < 4.78 is 103. The molecule has 0 radical (unpaired) electrons. The van der Waals surface area contributed by atoms with Gasteiger partial charge >= 0.3 is 0 Å². The maximum absolute atomic E-state index is 13.5. The zero-order chi connectivity index (χ0) is 24.4. The Labute approximate surface area is 153 Å². The standard InChI is InChI=1S/C19H20FNO3/c20-15-3-1-13(2-4-15)17-7-8-21-10-14(17)11-22-16-5-6-18-19(9-16)24-12-23-18/h1-6,9,14,17,21H,7-8,10-12H2/t14?,17-/m0/s1/i7D2,8D2,10D2,12D2,14D. The smallest absolute Gasteiger partial charge is 0.231 e. The van der Waals surface area contributed by atoms with Gasteiger partial charge in [0.1, 0.15) is 14.3 Å². The minimum atomic E-state index is -2.86. The van der Waals surface area contributed by atoms with E-state index in [0.717, 1.165) is 12.1 Å². The Morgan fingerprint density at radius 3 is 2.92 bits per heavy atom. The largest absolute Gasteiger partial charge is 0.493 e. The SMILES string of the molecule is [2H]C1([2H])Oc2ccc(OCC3([2H])[C@H](c4ccc(F)cc4)C([2H])([2H])C([2H])([2H])NC3([2H])[2H])cc2O1. The molecule has 5 heteroatoms. The molecule has 2 aliphatic rings. The average molecular weight is 338 g/mol. The maximum atomic E-state index is 13.5. The van der Waals surface area contributed by atoms with Crippen molar-refractivity contribution in [2.45, 2.75) is 12.3 Å². The molecule has 2 aliphatic heterocycles. The van der Waals surface area contributed by atoms with Crippen molar-refractivity contribution in [2.75, 3.05) is 26.3 Å². The van der Waals surface area contributed by atoms with E-state index in [0.29, 0.717) is 0 Å². The third kappa shape index (κ3) is 3.17. The summed E-state index contributed by atoms with van der Waals surface area (Å²) in [7, 11) is 0. The van der Waals surface area contributed by atoms with Crippen LogP contribution in [0.25, 0.3) is 0 Å². The lowest BCUT2D eigenvalue weighted by atomic mass is 9.81. The van der Waals surface area contributed by atoms with Crippen LogP contribution < -0.4 is 19.5 Å². The van der Waals surface area contributed by atoms with Gasteiger partial charge < -0.3 is 19.5 Å². The molecule has 0 amide bonds. The average Bonchev–Trinajstić information content (AvgIpc) is 2.99. The Balaban J connectivity index is 1.71. The molecule has 0 saturated carbocycles. The van der Waals surface area contributed by atoms with Crippen molar-refractivity contribution in [1.82, 2.24) is 5.32 Å². The molecule has 2 aromatic rings. The van der Waals surface area contributed by atoms with E-state index in [1.165, 1.54) is 30.3 Å². The van der Waals surface area contributed by atoms with Gasteiger partial charge in [0.15, 0.2) is 11.5 Å². The van der Waals surface area contributed by atoms with Crippen LogP contribution >= 0.6 is 0 Å². The molecular weight excluding hydrogens is 309 g/mol. The minimum absolute atomic E-state index is 0.0306. The summed E-state index contributed by atoms with van der Waals surface area (Å²) in [4.78, 5) is 0. The Kier molecular flexibility index (Phi) is 2.29. The fraction of sp³-hybridized carbons (Fsp3) is 0.368. The van der Waals surface area contributed by atoms with Crippen LogP contribution in [0.15, 0.2) is 42.5 Å². The molecule has 126 valence electrons. The van der Waals surface area contributed by atoms with Gasteiger partial charge in [-0.3, -0.25) is 0 Å². The predicted molar refractivity (Wildman–Crippen MR) is 88.2 cm³/mol. The van der Waals surface area contributed by atoms with Crippen molar-refractivity contribution in [3.8, 4) is 17.2 Å². The first kappa shape index (κ1) is 8.21. The molecular formula is C19H20FNO3. The van der Waals surface area contributed by atoms with E-state index in [-0.39, 0.29) is 22.8 Å². The number of ether oxygens (including phenoxy) is 3. The lowest BCUT2D eigenvalue weighted by Gasteiger charge is -2.32. The molecule has 4 rings (SSSR count). The van der Waals surface area contributed by atoms with E-state index in [4.69, 9.17) is 26.5 Å². The highest BCUT2D eigenvalue weighted by Crippen LogP contribution is 2.36. The predicted octanol–water partition coefficient (Wildman–Crippen LogP) is 3.33. The molecule has 1 unspecified atom stereocenters. The van der Waals surface area contributed by atoms with E-state index < -0.39 is 50.3 Å². The molecule has 2 atom stereocenters. The second-order valence-corrected chi connectivity index (χ2v) is 5.21. The van der Waals surface area contributed by atoms with Crippen LogP contribution in [-0.4, -0.2) is 26.3 Å². The van der Waals surface area contributed by atoms with E-state index in [1.807, 2.05) is 5.32 Å². The second-order valence-electron chi connectivity index (χ2n) is 5.21. The molecule has 24 heavy (non-hydrogen) atoms. The number of fused-ring (bicyclic) bond motifs is 1. The summed E-state index contributed by atoms with van der Waals surface area (Å²) in [6, 6.07) is 8.50. The third-order valence-electron chi connectivity index (χ3n) is 3.67. The Morgan fingerprint density at radius 2 is 2.04 bits per heavy atom. The van der Waals surface area contributed by atoms with Gasteiger partial charge in [-0.25, -0.2) is 4.39 Å². The highest BCUT2D eigenvalue weighted by atomic mass is 19.1. The molecule has 1 N–H and O–H groups in total. The van der Waals surface area contributed by atoms with Crippen molar-refractivity contribution < 1.29 is 30.9 Å². The highest BCUT2D eigenvalue weighted by Gasteiger charge is 2.27. The maximum Gasteiger partial charge on any atom is 0.231 e. The number of piperidine rings is 1. The first-order valence-corrected chi connectivity index (χ1v) is 7.28. The molecule has 0 spiro atoms. The molecule has 0 aliphatic carbocycles. The van der Waals surface area contributed by atoms with Crippen LogP contribution in [0.2, 0.25) is 0 Å². The van der Waals surface area contributed by atoms with E-state index in [2.05, 4.69) is 0 Å². The van der Waals surface area contributed by atoms with Gasteiger partial charge in [0.05, 0.1) is 6.61 Å². The Hall–Kier alpha value is -2.27. The van der Waals surface area contributed by atoms with Gasteiger partial charge in [0.25, 0.3) is 0 Å². The minimum Gasteiger partial charge on any atom is -0.493 e. The molecule has 4 nitrogen and oxygen atoms in total. The summed E-state index contributed by atoms with van der Waals surface area (Å²) in [6.45, 7) is -8.71. The lowest BCUT2D eigenvalue weighted by Crippen LogP contribution is -2.38. The summed E-state index contributed by atoms with van der Waals surface area (Å²) in [5.41, 5.74) is 0.0353. The van der Waals surface area contributed by atoms with Crippen molar-refractivity contribution in [3.05, 3.63) is 53.8 Å². The Morgan fingerprint density at radius 1 is 1.21 bits per heavy atom. The topological polar surface area (TPSA) is 39.7 Å². The zero-order valence-corrected chi connectivity index (χ0v) is 12.4. The van der Waals surface area contributed by atoms with Gasteiger partial charge in [-0.15, -0.1) is 0 Å². The van der Waals surface area contributed by atoms with Gasteiger partial charge in [-0.05, 0) is 48.6 Å². The number of benzene rings is 2. The second kappa shape index (κ2) is 6.69. The van der Waals surface area contributed by atoms with Crippen LogP contribution in [0.1, 0.15) is 30.2 Å². The van der Waals surface area contributed by atoms with Crippen molar-refractivity contribution in [3.63, 3.8) is 0 Å². The summed E-state index contributed by atoms with van der Waals surface area (Å²) in [5.74, 6) is -4.50. The fourth-order valence-corrected chi connectivity index (χ4v) is 2.45. The van der Waals surface area contributed by atoms with Crippen LogP contribution in [-0.2, 0) is 0 Å². The first-order chi connectivity index (χ1) is 15.1. The van der Waals surface area contributed by atoms with Gasteiger partial charge in [-0.1, -0.05) is 12.1 Å². The van der Waals surface area contributed by atoms with Crippen molar-refractivity contribution in [2.24, 2.45) is 5.89 Å². The highest BCUT2D eigenvalue weighted by molar-refractivity contribution is 5.46. The normalized spacial score (nSPS) is 39.4. The summed E-state index contributed by atoms with van der Waals surface area (Å²) in [5, 5.41) is 1.97. The monoisotopic (exact) mass is 338 g/mol. The van der Waals surface area contributed by atoms with Crippen LogP contribution in [0.5, 0.6) is 17.2 Å². The molecule has 0 aromatic heterocycles. The molecule has 1 fully saturated rings. The third-order valence-corrected chi connectivity index (χ3v) is 3.67. The first-order valence-electron chi connectivity index (χ1n) is 11.8. The van der Waals surface area contributed by atoms with Crippen LogP contribution in [0, 0.1) is 11.7 Å². The van der Waals surface area contributed by atoms with Gasteiger partial charge in [0, 0.05) is 28.1 Å². The van der Waals surface area contributed by atoms with Gasteiger partial charge in [0.2, 0.25) is 6.75 Å². The van der Waals surface area contributed by atoms with E-state index in [9.17, 15) is 4.39 Å². The summed E-state index contributed by atoms with van der Waals surface area (Å²) in [6.07, 6.45) is -2.79. The molecule has 2 heterocycles. The Bertz CT molecular complexity index is 1070. The molecule has 0 bridgehead atoms. The fourth-order valence-electron chi connectivity index (χ4n) is 2.45. The van der Waals surface area contributed by atoms with Crippen molar-refractivity contribution >= 4 is 0 Å². The number of nitrogens with one attached hydrogen (secondary N) is 1.